The van der Waals surface area contributed by atoms with Crippen LogP contribution in [0.15, 0.2) is 16.6 Å². The maximum Gasteiger partial charge on any atom is 0.267 e. The molecule has 0 aromatic carbocycles. The molecule has 0 fully saturated rings. The van der Waals surface area contributed by atoms with E-state index in [-0.39, 0.29) is 5.78 Å². The van der Waals surface area contributed by atoms with E-state index in [2.05, 4.69) is 4.99 Å². The van der Waals surface area contributed by atoms with E-state index in [1.165, 1.54) is 13.0 Å². The van der Waals surface area contributed by atoms with Crippen molar-refractivity contribution in [2.45, 2.75) is 13.8 Å². The van der Waals surface area contributed by atoms with E-state index in [9.17, 15) is 9.59 Å². The molecule has 0 spiro atoms. The van der Waals surface area contributed by atoms with Gasteiger partial charge in [-0.3, -0.25) is 9.59 Å². The zero-order chi connectivity index (χ0) is 10.0. The lowest BCUT2D eigenvalue weighted by Crippen LogP contribution is -2.20. The van der Waals surface area contributed by atoms with Gasteiger partial charge >= 0.3 is 0 Å². The Morgan fingerprint density at radius 1 is 1.69 bits per heavy atom. The molecule has 1 heterocycles. The number of hydrogen-bond donors (Lipinski definition) is 0. The number of dihydropyridines is 1. The molecule has 0 aromatic heterocycles. The molecule has 0 N–H and O–H groups in total. The van der Waals surface area contributed by atoms with E-state index in [1.807, 2.05) is 0 Å². The summed E-state index contributed by atoms with van der Waals surface area (Å²) in [7, 11) is 0. The topological polar surface area (TPSA) is 70.3 Å². The quantitative estimate of drug-likeness (QED) is 0.588. The summed E-state index contributed by atoms with van der Waals surface area (Å²) in [6.45, 7) is 2.97. The molecule has 0 aliphatic carbocycles. The van der Waals surface area contributed by atoms with Crippen LogP contribution in [0.1, 0.15) is 13.8 Å². The molecule has 4 heteroatoms. The van der Waals surface area contributed by atoms with Crippen LogP contribution in [-0.4, -0.2) is 17.4 Å². The average molecular weight is 176 g/mol. The Labute approximate surface area is 75.6 Å². The van der Waals surface area contributed by atoms with Gasteiger partial charge in [0.25, 0.3) is 5.91 Å². The van der Waals surface area contributed by atoms with Crippen molar-refractivity contribution in [2.75, 3.05) is 0 Å². The van der Waals surface area contributed by atoms with Crippen LogP contribution in [0, 0.1) is 17.2 Å². The van der Waals surface area contributed by atoms with E-state index in [1.54, 1.807) is 13.0 Å². The number of aliphatic imine (C=N–C) groups is 1. The van der Waals surface area contributed by atoms with Crippen LogP contribution >= 0.6 is 0 Å². The molecule has 0 bridgehead atoms. The normalized spacial score (nSPS) is 21.6. The molecule has 1 amide bonds. The maximum absolute atomic E-state index is 11.0. The van der Waals surface area contributed by atoms with E-state index in [0.29, 0.717) is 11.3 Å². The van der Waals surface area contributed by atoms with Crippen LogP contribution < -0.4 is 0 Å². The molecule has 0 saturated carbocycles. The second-order valence-electron chi connectivity index (χ2n) is 2.78. The third kappa shape index (κ3) is 1.70. The van der Waals surface area contributed by atoms with Gasteiger partial charge in [0, 0.05) is 5.57 Å². The van der Waals surface area contributed by atoms with Gasteiger partial charge < -0.3 is 0 Å². The van der Waals surface area contributed by atoms with Gasteiger partial charge in [0.15, 0.2) is 5.78 Å². The summed E-state index contributed by atoms with van der Waals surface area (Å²) < 4.78 is 0. The van der Waals surface area contributed by atoms with Gasteiger partial charge in [-0.25, -0.2) is 4.99 Å². The lowest BCUT2D eigenvalue weighted by atomic mass is 9.97. The number of ketones is 1. The molecule has 66 valence electrons. The lowest BCUT2D eigenvalue weighted by Gasteiger charge is -2.10. The van der Waals surface area contributed by atoms with Crippen LogP contribution in [0.3, 0.4) is 0 Å². The molecule has 1 rings (SSSR count). The van der Waals surface area contributed by atoms with Crippen molar-refractivity contribution in [2.24, 2.45) is 10.9 Å². The van der Waals surface area contributed by atoms with Crippen molar-refractivity contribution in [1.29, 1.82) is 5.26 Å². The molecule has 1 aliphatic heterocycles. The minimum atomic E-state index is -0.900. The number of allylic oxidation sites excluding steroid dienone is 1. The van der Waals surface area contributed by atoms with Crippen molar-refractivity contribution >= 4 is 17.4 Å². The summed E-state index contributed by atoms with van der Waals surface area (Å²) in [5.74, 6) is -1.57. The Morgan fingerprint density at radius 3 is 2.77 bits per heavy atom. The molecule has 13 heavy (non-hydrogen) atoms. The number of nitriles is 1. The van der Waals surface area contributed by atoms with Crippen molar-refractivity contribution in [3.63, 3.8) is 0 Å². The predicted octanol–water partition coefficient (Wildman–Crippen LogP) is 0.643. The van der Waals surface area contributed by atoms with Crippen LogP contribution in [0.5, 0.6) is 0 Å². The second kappa shape index (κ2) is 3.31. The van der Waals surface area contributed by atoms with E-state index < -0.39 is 11.8 Å². The molecule has 1 atom stereocenters. The SMILES string of the molecule is CC(=O)C1=C[C@H](C#N)C(=O)N=C1C. The van der Waals surface area contributed by atoms with Crippen molar-refractivity contribution in [3.05, 3.63) is 11.6 Å². The highest BCUT2D eigenvalue weighted by molar-refractivity contribution is 6.24. The molecule has 1 aliphatic rings. The summed E-state index contributed by atoms with van der Waals surface area (Å²) in [6, 6.07) is 1.77. The van der Waals surface area contributed by atoms with Gasteiger partial charge in [-0.15, -0.1) is 0 Å². The van der Waals surface area contributed by atoms with Crippen LogP contribution in [-0.2, 0) is 9.59 Å². The molecule has 0 unspecified atom stereocenters. The minimum Gasteiger partial charge on any atom is -0.294 e. The first kappa shape index (κ1) is 9.33. The lowest BCUT2D eigenvalue weighted by molar-refractivity contribution is -0.119. The first-order chi connectivity index (χ1) is 6.06. The highest BCUT2D eigenvalue weighted by Gasteiger charge is 2.23. The maximum atomic E-state index is 11.0. The fourth-order valence-electron chi connectivity index (χ4n) is 1.12. The average Bonchev–Trinajstić information content (AvgIpc) is 2.03. The molecule has 0 saturated heterocycles. The zero-order valence-electron chi connectivity index (χ0n) is 7.37. The van der Waals surface area contributed by atoms with Crippen LogP contribution in [0.2, 0.25) is 0 Å². The zero-order valence-corrected chi connectivity index (χ0v) is 7.37. The Bertz CT molecular complexity index is 372. The highest BCUT2D eigenvalue weighted by atomic mass is 16.1. The standard InChI is InChI=1S/C9H8N2O2/c1-5-8(6(2)12)3-7(4-10)9(13)11-5/h3,7H,1-2H3/t7-/m1/s1. The Morgan fingerprint density at radius 2 is 2.31 bits per heavy atom. The summed E-state index contributed by atoms with van der Waals surface area (Å²) in [4.78, 5) is 25.6. The first-order valence-electron chi connectivity index (χ1n) is 3.78. The number of carbonyl (C=O) groups is 2. The van der Waals surface area contributed by atoms with Gasteiger partial charge in [-0.05, 0) is 19.9 Å². The summed E-state index contributed by atoms with van der Waals surface area (Å²) >= 11 is 0. The van der Waals surface area contributed by atoms with Gasteiger partial charge in [0.2, 0.25) is 0 Å². The first-order valence-corrected chi connectivity index (χ1v) is 3.78. The largest absolute Gasteiger partial charge is 0.294 e. The van der Waals surface area contributed by atoms with Crippen molar-refractivity contribution in [3.8, 4) is 6.07 Å². The Kier molecular flexibility index (Phi) is 2.38. The molecular weight excluding hydrogens is 168 g/mol. The minimum absolute atomic E-state index is 0.172. The van der Waals surface area contributed by atoms with E-state index >= 15 is 0 Å². The third-order valence-corrected chi connectivity index (χ3v) is 1.79. The van der Waals surface area contributed by atoms with Crippen molar-refractivity contribution < 1.29 is 9.59 Å². The molecule has 0 radical (unpaired) electrons. The van der Waals surface area contributed by atoms with Crippen LogP contribution in [0.4, 0.5) is 0 Å². The van der Waals surface area contributed by atoms with Gasteiger partial charge in [-0.1, -0.05) is 0 Å². The molecule has 0 aromatic rings. The molecular formula is C9H8N2O2. The monoisotopic (exact) mass is 176 g/mol. The van der Waals surface area contributed by atoms with Crippen LogP contribution in [0.25, 0.3) is 0 Å². The fourth-order valence-corrected chi connectivity index (χ4v) is 1.12. The number of carbonyl (C=O) groups excluding carboxylic acids is 2. The summed E-state index contributed by atoms with van der Waals surface area (Å²) in [5.41, 5.74) is 0.759. The number of Topliss-reactive ketones (excluding diaryl/α,β-unsaturated/α-hetero) is 1. The molecule has 4 nitrogen and oxygen atoms in total. The third-order valence-electron chi connectivity index (χ3n) is 1.79. The Hall–Kier alpha value is -1.76. The van der Waals surface area contributed by atoms with Gasteiger partial charge in [0.05, 0.1) is 11.8 Å². The number of hydrogen-bond acceptors (Lipinski definition) is 3. The smallest absolute Gasteiger partial charge is 0.267 e. The predicted molar refractivity (Wildman–Crippen MR) is 46.0 cm³/mol. The van der Waals surface area contributed by atoms with Gasteiger partial charge in [-0.2, -0.15) is 5.26 Å². The Balaban J connectivity index is 3.12. The fraction of sp³-hybridized carbons (Fsp3) is 0.333. The number of nitrogens with zero attached hydrogens (tertiary/aromatic N) is 2. The van der Waals surface area contributed by atoms with E-state index in [4.69, 9.17) is 5.26 Å². The number of rotatable bonds is 1. The van der Waals surface area contributed by atoms with E-state index in [0.717, 1.165) is 0 Å². The highest BCUT2D eigenvalue weighted by Crippen LogP contribution is 2.14. The number of amides is 1. The van der Waals surface area contributed by atoms with Gasteiger partial charge in [0.1, 0.15) is 5.92 Å². The van der Waals surface area contributed by atoms with Crippen molar-refractivity contribution in [1.82, 2.24) is 0 Å². The summed E-state index contributed by atoms with van der Waals surface area (Å²) in [6.07, 6.45) is 1.37. The second-order valence-corrected chi connectivity index (χ2v) is 2.78. The summed E-state index contributed by atoms with van der Waals surface area (Å²) in [5, 5.41) is 8.55.